The Hall–Kier alpha value is -3.21. The van der Waals surface area contributed by atoms with Crippen LogP contribution in [0.5, 0.6) is 0 Å². The Balaban J connectivity index is 1.60. The van der Waals surface area contributed by atoms with Crippen LogP contribution in [0.1, 0.15) is 58.7 Å². The van der Waals surface area contributed by atoms with Crippen LogP contribution < -0.4 is 10.9 Å². The number of nitrogens with one attached hydrogen (secondary N) is 2. The fourth-order valence-electron chi connectivity index (χ4n) is 3.49. The molecule has 142 valence electrons. The maximum atomic E-state index is 12.7. The molecule has 5 nitrogen and oxygen atoms in total. The van der Waals surface area contributed by atoms with E-state index in [1.54, 1.807) is 12.1 Å². The van der Waals surface area contributed by atoms with Gasteiger partial charge in [0.05, 0.1) is 11.7 Å². The molecule has 1 aromatic heterocycles. The van der Waals surface area contributed by atoms with Gasteiger partial charge in [-0.3, -0.25) is 9.59 Å². The van der Waals surface area contributed by atoms with Crippen molar-refractivity contribution in [3.05, 3.63) is 99.7 Å². The summed E-state index contributed by atoms with van der Waals surface area (Å²) in [5.41, 5.74) is 2.16. The van der Waals surface area contributed by atoms with E-state index in [0.717, 1.165) is 24.2 Å². The van der Waals surface area contributed by atoms with Crippen molar-refractivity contribution in [3.8, 4) is 0 Å². The Kier molecular flexibility index (Phi) is 5.33. The lowest BCUT2D eigenvalue weighted by Crippen LogP contribution is -2.31. The number of aromatic amines is 1. The lowest BCUT2D eigenvalue weighted by Gasteiger charge is -2.25. The summed E-state index contributed by atoms with van der Waals surface area (Å²) in [5.74, 6) is 0.982. The summed E-state index contributed by atoms with van der Waals surface area (Å²) in [6, 6.07) is 20.2. The molecular weight excluding hydrogens is 350 g/mol. The highest BCUT2D eigenvalue weighted by atomic mass is 16.1. The topological polar surface area (TPSA) is 74.8 Å². The van der Waals surface area contributed by atoms with Crippen LogP contribution in [0.2, 0.25) is 0 Å². The van der Waals surface area contributed by atoms with Crippen molar-refractivity contribution in [1.29, 1.82) is 0 Å². The Morgan fingerprint density at radius 2 is 1.75 bits per heavy atom. The number of rotatable bonds is 6. The summed E-state index contributed by atoms with van der Waals surface area (Å²) in [4.78, 5) is 32.4. The number of hydrogen-bond acceptors (Lipinski definition) is 3. The summed E-state index contributed by atoms with van der Waals surface area (Å²) < 4.78 is 0. The first-order valence-electron chi connectivity index (χ1n) is 9.70. The van der Waals surface area contributed by atoms with Gasteiger partial charge in [-0.05, 0) is 30.5 Å². The quantitative estimate of drug-likeness (QED) is 0.691. The molecule has 4 rings (SSSR count). The fraction of sp³-hybridized carbons (Fsp3) is 0.261. The van der Waals surface area contributed by atoms with Crippen LogP contribution in [-0.2, 0) is 6.42 Å². The van der Waals surface area contributed by atoms with Gasteiger partial charge in [0.2, 0.25) is 0 Å². The highest BCUT2D eigenvalue weighted by molar-refractivity contribution is 5.94. The minimum Gasteiger partial charge on any atom is -0.345 e. The average Bonchev–Trinajstić information content (AvgIpc) is 2.67. The van der Waals surface area contributed by atoms with Crippen LogP contribution in [0.25, 0.3) is 0 Å². The molecule has 0 saturated heterocycles. The molecule has 1 aliphatic rings. The predicted octanol–water partition coefficient (Wildman–Crippen LogP) is 3.75. The smallest absolute Gasteiger partial charge is 0.251 e. The number of nitrogens with zero attached hydrogens (tertiary/aromatic N) is 1. The minimum absolute atomic E-state index is 0.131. The highest BCUT2D eigenvalue weighted by Gasteiger charge is 2.23. The van der Waals surface area contributed by atoms with Gasteiger partial charge in [0.25, 0.3) is 11.5 Å². The Labute approximate surface area is 163 Å². The fourth-order valence-corrected chi connectivity index (χ4v) is 3.49. The zero-order valence-electron chi connectivity index (χ0n) is 15.6. The van der Waals surface area contributed by atoms with Gasteiger partial charge in [-0.15, -0.1) is 0 Å². The number of aromatic nitrogens is 2. The molecule has 5 heteroatoms. The van der Waals surface area contributed by atoms with Crippen molar-refractivity contribution in [3.63, 3.8) is 0 Å². The largest absolute Gasteiger partial charge is 0.345 e. The second-order valence-electron chi connectivity index (χ2n) is 7.26. The second-order valence-corrected chi connectivity index (χ2v) is 7.26. The minimum atomic E-state index is -0.266. The maximum absolute atomic E-state index is 12.7. The summed E-state index contributed by atoms with van der Waals surface area (Å²) in [7, 11) is 0. The summed E-state index contributed by atoms with van der Waals surface area (Å²) >= 11 is 0. The molecule has 0 spiro atoms. The molecule has 28 heavy (non-hydrogen) atoms. The lowest BCUT2D eigenvalue weighted by atomic mass is 9.85. The molecule has 0 radical (unpaired) electrons. The van der Waals surface area contributed by atoms with E-state index in [1.165, 1.54) is 12.5 Å². The van der Waals surface area contributed by atoms with Crippen molar-refractivity contribution in [2.45, 2.75) is 37.6 Å². The van der Waals surface area contributed by atoms with Gasteiger partial charge in [-0.2, -0.15) is 0 Å². The third-order valence-corrected chi connectivity index (χ3v) is 5.26. The van der Waals surface area contributed by atoms with Crippen molar-refractivity contribution in [2.75, 3.05) is 0 Å². The number of amides is 1. The monoisotopic (exact) mass is 373 g/mol. The molecule has 3 aromatic rings. The van der Waals surface area contributed by atoms with Gasteiger partial charge in [-0.1, -0.05) is 55.0 Å². The maximum Gasteiger partial charge on any atom is 0.251 e. The molecule has 2 N–H and O–H groups in total. The van der Waals surface area contributed by atoms with E-state index in [-0.39, 0.29) is 17.5 Å². The van der Waals surface area contributed by atoms with E-state index in [9.17, 15) is 9.59 Å². The van der Waals surface area contributed by atoms with E-state index in [0.29, 0.717) is 23.6 Å². The van der Waals surface area contributed by atoms with Crippen molar-refractivity contribution in [2.24, 2.45) is 0 Å². The van der Waals surface area contributed by atoms with E-state index >= 15 is 0 Å². The van der Waals surface area contributed by atoms with Gasteiger partial charge >= 0.3 is 0 Å². The van der Waals surface area contributed by atoms with Crippen molar-refractivity contribution >= 4 is 5.91 Å². The van der Waals surface area contributed by atoms with Crippen LogP contribution in [0.15, 0.2) is 71.5 Å². The summed E-state index contributed by atoms with van der Waals surface area (Å²) in [5, 5.41) is 3.10. The number of benzene rings is 2. The van der Waals surface area contributed by atoms with E-state index in [4.69, 9.17) is 4.98 Å². The molecule has 1 fully saturated rings. The molecule has 1 heterocycles. The Morgan fingerprint density at radius 1 is 1.07 bits per heavy atom. The van der Waals surface area contributed by atoms with E-state index < -0.39 is 0 Å². The Morgan fingerprint density at radius 3 is 2.39 bits per heavy atom. The van der Waals surface area contributed by atoms with Gasteiger partial charge in [0.1, 0.15) is 5.82 Å². The van der Waals surface area contributed by atoms with Gasteiger partial charge < -0.3 is 10.3 Å². The summed E-state index contributed by atoms with van der Waals surface area (Å²) in [6.45, 7) is 0. The van der Waals surface area contributed by atoms with E-state index in [1.807, 2.05) is 48.5 Å². The number of H-pyrrole nitrogens is 1. The van der Waals surface area contributed by atoms with Crippen LogP contribution in [0.3, 0.4) is 0 Å². The highest BCUT2D eigenvalue weighted by Crippen LogP contribution is 2.34. The van der Waals surface area contributed by atoms with Crippen molar-refractivity contribution < 1.29 is 4.79 Å². The molecule has 1 saturated carbocycles. The van der Waals surface area contributed by atoms with Gasteiger partial charge in [-0.25, -0.2) is 4.98 Å². The molecule has 1 amide bonds. The third-order valence-electron chi connectivity index (χ3n) is 5.26. The first-order chi connectivity index (χ1) is 13.7. The standard InChI is InChI=1S/C23H23N3O2/c27-21-15-19(24-22(26-21)17-12-7-13-17)14-20(16-8-3-1-4-9-16)25-23(28)18-10-5-2-6-11-18/h1-6,8-11,15,17,20H,7,12-14H2,(H,25,28)(H,24,26,27)/t20-/m0/s1. The Bertz CT molecular complexity index is 995. The van der Waals surface area contributed by atoms with Crippen LogP contribution in [0, 0.1) is 0 Å². The average molecular weight is 373 g/mol. The van der Waals surface area contributed by atoms with Crippen LogP contribution in [-0.4, -0.2) is 15.9 Å². The lowest BCUT2D eigenvalue weighted by molar-refractivity contribution is 0.0936. The zero-order chi connectivity index (χ0) is 19.3. The molecule has 0 aliphatic heterocycles. The third kappa shape index (κ3) is 4.19. The van der Waals surface area contributed by atoms with Gasteiger partial charge in [0.15, 0.2) is 0 Å². The molecule has 1 atom stereocenters. The second kappa shape index (κ2) is 8.21. The first kappa shape index (κ1) is 18.2. The van der Waals surface area contributed by atoms with E-state index in [2.05, 4.69) is 10.3 Å². The number of carbonyl (C=O) groups is 1. The normalized spacial score (nSPS) is 14.9. The molecular formula is C23H23N3O2. The first-order valence-corrected chi connectivity index (χ1v) is 9.70. The SMILES string of the molecule is O=C(N[C@@H](Cc1cc(=O)[nH]c(C2CCC2)n1)c1ccccc1)c1ccccc1. The molecule has 2 aromatic carbocycles. The molecule has 1 aliphatic carbocycles. The summed E-state index contributed by atoms with van der Waals surface area (Å²) in [6.07, 6.45) is 3.78. The van der Waals surface area contributed by atoms with Crippen LogP contribution in [0.4, 0.5) is 0 Å². The van der Waals surface area contributed by atoms with Gasteiger partial charge in [0, 0.05) is 24.0 Å². The number of carbonyl (C=O) groups excluding carboxylic acids is 1. The number of hydrogen-bond donors (Lipinski definition) is 2. The van der Waals surface area contributed by atoms with Crippen LogP contribution >= 0.6 is 0 Å². The molecule has 0 bridgehead atoms. The van der Waals surface area contributed by atoms with Crippen molar-refractivity contribution in [1.82, 2.24) is 15.3 Å². The molecule has 0 unspecified atom stereocenters. The zero-order valence-corrected chi connectivity index (χ0v) is 15.6. The predicted molar refractivity (Wildman–Crippen MR) is 108 cm³/mol.